The molecule has 3 rings (SSSR count). The number of primary amides is 1. The number of carbonyl (C=O) groups is 1. The molecule has 128 valence electrons. The maximum absolute atomic E-state index is 10.9. The molecule has 2 heterocycles. The van der Waals surface area contributed by atoms with Crippen molar-refractivity contribution in [1.82, 2.24) is 15.0 Å². The second kappa shape index (κ2) is 7.29. The Morgan fingerprint density at radius 3 is 2.76 bits per heavy atom. The SMILES string of the molecule is NC(=O)Nc1ccc2ncc(NC(CO)c3cccc(Cl)c3)nc2n1. The summed E-state index contributed by atoms with van der Waals surface area (Å²) in [6, 6.07) is 9.30. The van der Waals surface area contributed by atoms with Gasteiger partial charge in [0.2, 0.25) is 0 Å². The van der Waals surface area contributed by atoms with E-state index in [9.17, 15) is 9.90 Å². The Morgan fingerprint density at radius 1 is 1.24 bits per heavy atom. The van der Waals surface area contributed by atoms with Crippen LogP contribution in [-0.4, -0.2) is 32.7 Å². The van der Waals surface area contributed by atoms with E-state index in [-0.39, 0.29) is 12.4 Å². The van der Waals surface area contributed by atoms with Gasteiger partial charge in [0.1, 0.15) is 17.2 Å². The summed E-state index contributed by atoms with van der Waals surface area (Å²) in [5, 5.41) is 15.7. The summed E-state index contributed by atoms with van der Waals surface area (Å²) in [5.74, 6) is 0.704. The third kappa shape index (κ3) is 4.11. The normalized spacial score (nSPS) is 11.9. The molecule has 0 spiro atoms. The van der Waals surface area contributed by atoms with Crippen LogP contribution >= 0.6 is 11.6 Å². The molecule has 0 aliphatic heterocycles. The van der Waals surface area contributed by atoms with Gasteiger partial charge in [-0.1, -0.05) is 23.7 Å². The van der Waals surface area contributed by atoms with Crippen LogP contribution in [0.15, 0.2) is 42.6 Å². The number of hydrogen-bond donors (Lipinski definition) is 4. The van der Waals surface area contributed by atoms with E-state index in [0.29, 0.717) is 22.0 Å². The monoisotopic (exact) mass is 358 g/mol. The number of halogens is 1. The van der Waals surface area contributed by atoms with E-state index in [1.54, 1.807) is 36.5 Å². The van der Waals surface area contributed by atoms with Crippen molar-refractivity contribution in [2.45, 2.75) is 6.04 Å². The van der Waals surface area contributed by atoms with Crippen LogP contribution in [0.3, 0.4) is 0 Å². The van der Waals surface area contributed by atoms with Gasteiger partial charge in [0.05, 0.1) is 18.8 Å². The van der Waals surface area contributed by atoms with Crippen LogP contribution in [0.1, 0.15) is 11.6 Å². The number of aliphatic hydroxyl groups excluding tert-OH is 1. The van der Waals surface area contributed by atoms with E-state index < -0.39 is 12.1 Å². The highest BCUT2D eigenvalue weighted by Crippen LogP contribution is 2.22. The molecule has 2 aromatic heterocycles. The quantitative estimate of drug-likeness (QED) is 0.554. The van der Waals surface area contributed by atoms with Gasteiger partial charge in [-0.3, -0.25) is 5.32 Å². The summed E-state index contributed by atoms with van der Waals surface area (Å²) < 4.78 is 0. The molecule has 0 bridgehead atoms. The Bertz CT molecular complexity index is 920. The first-order valence-corrected chi connectivity index (χ1v) is 7.76. The van der Waals surface area contributed by atoms with E-state index in [1.165, 1.54) is 0 Å². The number of nitrogens with zero attached hydrogens (tertiary/aromatic N) is 3. The standard InChI is InChI=1S/C16H15ClN6O2/c17-10-3-1-2-9(6-10)12(8-24)20-14-7-19-11-4-5-13(23-16(18)25)21-15(11)22-14/h1-7,12,24H,8H2,(H4,18,20,21,22,23,25). The van der Waals surface area contributed by atoms with Crippen LogP contribution in [0.5, 0.6) is 0 Å². The first-order chi connectivity index (χ1) is 12.0. The number of aliphatic hydroxyl groups is 1. The number of nitrogens with one attached hydrogen (secondary N) is 2. The number of rotatable bonds is 5. The summed E-state index contributed by atoms with van der Waals surface area (Å²) >= 11 is 5.99. The van der Waals surface area contributed by atoms with Gasteiger partial charge in [-0.15, -0.1) is 0 Å². The van der Waals surface area contributed by atoms with Gasteiger partial charge in [0.25, 0.3) is 0 Å². The smallest absolute Gasteiger partial charge is 0.317 e. The minimum absolute atomic E-state index is 0.156. The maximum atomic E-state index is 10.9. The summed E-state index contributed by atoms with van der Waals surface area (Å²) in [6.07, 6.45) is 1.54. The van der Waals surface area contributed by atoms with Gasteiger partial charge in [0.15, 0.2) is 5.65 Å². The number of fused-ring (bicyclic) bond motifs is 1. The topological polar surface area (TPSA) is 126 Å². The molecule has 25 heavy (non-hydrogen) atoms. The lowest BCUT2D eigenvalue weighted by Crippen LogP contribution is -2.20. The highest BCUT2D eigenvalue weighted by Gasteiger charge is 2.12. The largest absolute Gasteiger partial charge is 0.394 e. The summed E-state index contributed by atoms with van der Waals surface area (Å²) in [4.78, 5) is 23.7. The van der Waals surface area contributed by atoms with Gasteiger partial charge in [-0.2, -0.15) is 0 Å². The molecule has 8 nitrogen and oxygen atoms in total. The van der Waals surface area contributed by atoms with Gasteiger partial charge < -0.3 is 16.2 Å². The highest BCUT2D eigenvalue weighted by atomic mass is 35.5. The molecule has 1 unspecified atom stereocenters. The zero-order chi connectivity index (χ0) is 17.8. The number of urea groups is 1. The Balaban J connectivity index is 1.88. The first kappa shape index (κ1) is 16.9. The Hall–Kier alpha value is -2.97. The fourth-order valence-electron chi connectivity index (χ4n) is 2.30. The lowest BCUT2D eigenvalue weighted by Gasteiger charge is -2.17. The average molecular weight is 359 g/mol. The summed E-state index contributed by atoms with van der Waals surface area (Å²) in [7, 11) is 0. The van der Waals surface area contributed by atoms with Crippen LogP contribution in [0.4, 0.5) is 16.4 Å². The van der Waals surface area contributed by atoms with Crippen LogP contribution in [0.25, 0.3) is 11.2 Å². The third-order valence-electron chi connectivity index (χ3n) is 3.41. The average Bonchev–Trinajstić information content (AvgIpc) is 2.58. The second-order valence-corrected chi connectivity index (χ2v) is 5.65. The zero-order valence-electron chi connectivity index (χ0n) is 13.0. The Morgan fingerprint density at radius 2 is 2.04 bits per heavy atom. The summed E-state index contributed by atoms with van der Waals surface area (Å²) in [5.41, 5.74) is 6.79. The number of amides is 2. The van der Waals surface area contributed by atoms with E-state index in [4.69, 9.17) is 17.3 Å². The van der Waals surface area contributed by atoms with Crippen LogP contribution in [-0.2, 0) is 0 Å². The molecular weight excluding hydrogens is 344 g/mol. The molecule has 0 fully saturated rings. The number of aromatic nitrogens is 3. The molecule has 0 aliphatic rings. The van der Waals surface area contributed by atoms with E-state index >= 15 is 0 Å². The van der Waals surface area contributed by atoms with Crippen LogP contribution in [0.2, 0.25) is 5.02 Å². The van der Waals surface area contributed by atoms with E-state index in [2.05, 4.69) is 25.6 Å². The predicted octanol–water partition coefficient (Wildman–Crippen LogP) is 2.31. The number of anilines is 2. The predicted molar refractivity (Wildman–Crippen MR) is 95.4 cm³/mol. The third-order valence-corrected chi connectivity index (χ3v) is 3.65. The van der Waals surface area contributed by atoms with Gasteiger partial charge in [-0.05, 0) is 29.8 Å². The molecule has 2 amide bonds. The van der Waals surface area contributed by atoms with Crippen LogP contribution in [0, 0.1) is 0 Å². The Labute approximate surface area is 148 Å². The molecule has 0 saturated heterocycles. The highest BCUT2D eigenvalue weighted by molar-refractivity contribution is 6.30. The number of hydrogen-bond acceptors (Lipinski definition) is 6. The lowest BCUT2D eigenvalue weighted by atomic mass is 10.1. The minimum atomic E-state index is -0.713. The van der Waals surface area contributed by atoms with Crippen LogP contribution < -0.4 is 16.4 Å². The van der Waals surface area contributed by atoms with Gasteiger partial charge in [-0.25, -0.2) is 19.7 Å². The molecule has 0 saturated carbocycles. The van der Waals surface area contributed by atoms with Crippen molar-refractivity contribution >= 4 is 40.4 Å². The maximum Gasteiger partial charge on any atom is 0.317 e. The minimum Gasteiger partial charge on any atom is -0.394 e. The van der Waals surface area contributed by atoms with Crippen molar-refractivity contribution in [2.75, 3.05) is 17.2 Å². The molecule has 5 N–H and O–H groups in total. The van der Waals surface area contributed by atoms with E-state index in [1.807, 2.05) is 6.07 Å². The molecule has 1 atom stereocenters. The second-order valence-electron chi connectivity index (χ2n) is 5.22. The molecule has 0 aliphatic carbocycles. The fourth-order valence-corrected chi connectivity index (χ4v) is 2.50. The number of pyridine rings is 1. The molecule has 1 aromatic carbocycles. The molecule has 0 radical (unpaired) electrons. The van der Waals surface area contributed by atoms with Crippen molar-refractivity contribution in [2.24, 2.45) is 5.73 Å². The van der Waals surface area contributed by atoms with Crippen molar-refractivity contribution in [3.05, 3.63) is 53.2 Å². The molecule has 9 heteroatoms. The van der Waals surface area contributed by atoms with Crippen molar-refractivity contribution in [3.8, 4) is 0 Å². The summed E-state index contributed by atoms with van der Waals surface area (Å²) in [6.45, 7) is -0.156. The van der Waals surface area contributed by atoms with Crippen molar-refractivity contribution < 1.29 is 9.90 Å². The van der Waals surface area contributed by atoms with Gasteiger partial charge in [0, 0.05) is 5.02 Å². The lowest BCUT2D eigenvalue weighted by molar-refractivity contribution is 0.259. The Kier molecular flexibility index (Phi) is 4.92. The first-order valence-electron chi connectivity index (χ1n) is 7.38. The van der Waals surface area contributed by atoms with E-state index in [0.717, 1.165) is 5.56 Å². The van der Waals surface area contributed by atoms with Crippen molar-refractivity contribution in [1.29, 1.82) is 0 Å². The number of nitrogens with two attached hydrogens (primary N) is 1. The fraction of sp³-hybridized carbons (Fsp3) is 0.125. The zero-order valence-corrected chi connectivity index (χ0v) is 13.7. The van der Waals surface area contributed by atoms with Gasteiger partial charge >= 0.3 is 6.03 Å². The number of carbonyl (C=O) groups excluding carboxylic acids is 1. The molecular formula is C16H15ClN6O2. The van der Waals surface area contributed by atoms with Crippen molar-refractivity contribution in [3.63, 3.8) is 0 Å². The molecule has 3 aromatic rings. The number of benzene rings is 1.